The molecule has 0 saturated carbocycles. The molecule has 0 atom stereocenters. The minimum Gasteiger partial charge on any atom is -0.494 e. The molecule has 0 aliphatic rings. The van der Waals surface area contributed by atoms with E-state index >= 15 is 0 Å². The first-order chi connectivity index (χ1) is 5.65. The van der Waals surface area contributed by atoms with Crippen molar-refractivity contribution in [1.82, 2.24) is 4.98 Å². The van der Waals surface area contributed by atoms with E-state index in [-0.39, 0.29) is 11.4 Å². The molecule has 0 aromatic carbocycles. The fourth-order valence-electron chi connectivity index (χ4n) is 0.814. The van der Waals surface area contributed by atoms with Crippen LogP contribution in [0.25, 0.3) is 0 Å². The van der Waals surface area contributed by atoms with E-state index in [9.17, 15) is 4.79 Å². The summed E-state index contributed by atoms with van der Waals surface area (Å²) in [7, 11) is 1.43. The van der Waals surface area contributed by atoms with Gasteiger partial charge >= 0.3 is 0 Å². The Hall–Kier alpha value is -1.78. The average molecular weight is 167 g/mol. The number of carbonyl (C=O) groups is 1. The Labute approximate surface area is 69.3 Å². The van der Waals surface area contributed by atoms with Crippen LogP contribution in [0.4, 0.5) is 5.82 Å². The number of nitrogen functional groups attached to an aromatic ring is 1. The van der Waals surface area contributed by atoms with Crippen molar-refractivity contribution in [2.75, 3.05) is 12.8 Å². The first-order valence-electron chi connectivity index (χ1n) is 3.24. The molecule has 12 heavy (non-hydrogen) atoms. The van der Waals surface area contributed by atoms with E-state index in [4.69, 9.17) is 16.2 Å². The van der Waals surface area contributed by atoms with E-state index in [0.717, 1.165) is 0 Å². The van der Waals surface area contributed by atoms with Crippen molar-refractivity contribution in [2.45, 2.75) is 0 Å². The van der Waals surface area contributed by atoms with Gasteiger partial charge in [-0.05, 0) is 6.07 Å². The summed E-state index contributed by atoms with van der Waals surface area (Å²) < 4.78 is 4.84. The Morgan fingerprint density at radius 2 is 2.33 bits per heavy atom. The van der Waals surface area contributed by atoms with Gasteiger partial charge in [0, 0.05) is 0 Å². The molecule has 1 rings (SSSR count). The lowest BCUT2D eigenvalue weighted by Gasteiger charge is -2.04. The predicted molar refractivity (Wildman–Crippen MR) is 43.7 cm³/mol. The Morgan fingerprint density at radius 3 is 2.83 bits per heavy atom. The van der Waals surface area contributed by atoms with Crippen LogP contribution in [0.15, 0.2) is 12.3 Å². The molecular formula is C7H9N3O2. The van der Waals surface area contributed by atoms with Crippen LogP contribution in [-0.2, 0) is 0 Å². The van der Waals surface area contributed by atoms with Gasteiger partial charge in [-0.25, -0.2) is 4.98 Å². The van der Waals surface area contributed by atoms with Crippen LogP contribution in [0.2, 0.25) is 0 Å². The largest absolute Gasteiger partial charge is 0.494 e. The van der Waals surface area contributed by atoms with Crippen molar-refractivity contribution in [1.29, 1.82) is 0 Å². The normalized spacial score (nSPS) is 9.42. The summed E-state index contributed by atoms with van der Waals surface area (Å²) in [6, 6.07) is 1.38. The van der Waals surface area contributed by atoms with Gasteiger partial charge < -0.3 is 16.2 Å². The van der Waals surface area contributed by atoms with E-state index < -0.39 is 5.91 Å². The lowest BCUT2D eigenvalue weighted by Crippen LogP contribution is -2.13. The smallest absolute Gasteiger partial charge is 0.252 e. The number of nitrogens with two attached hydrogens (primary N) is 2. The summed E-state index contributed by atoms with van der Waals surface area (Å²) >= 11 is 0. The Bertz CT molecular complexity index is 312. The third-order valence-corrected chi connectivity index (χ3v) is 1.37. The van der Waals surface area contributed by atoms with Gasteiger partial charge in [-0.15, -0.1) is 0 Å². The molecule has 0 aliphatic heterocycles. The molecule has 0 saturated heterocycles. The molecule has 1 aromatic rings. The van der Waals surface area contributed by atoms with Gasteiger partial charge in [0.15, 0.2) is 0 Å². The topological polar surface area (TPSA) is 91.2 Å². The van der Waals surface area contributed by atoms with E-state index in [0.29, 0.717) is 5.75 Å². The van der Waals surface area contributed by atoms with Crippen molar-refractivity contribution < 1.29 is 9.53 Å². The minimum absolute atomic E-state index is 0.240. The maximum absolute atomic E-state index is 10.8. The summed E-state index contributed by atoms with van der Waals surface area (Å²) in [5, 5.41) is 0. The van der Waals surface area contributed by atoms with E-state index in [2.05, 4.69) is 4.98 Å². The monoisotopic (exact) mass is 167 g/mol. The third kappa shape index (κ3) is 1.45. The lowest BCUT2D eigenvalue weighted by molar-refractivity contribution is 0.0997. The average Bonchev–Trinajstić information content (AvgIpc) is 2.04. The zero-order valence-corrected chi connectivity index (χ0v) is 6.57. The summed E-state index contributed by atoms with van der Waals surface area (Å²) in [5.41, 5.74) is 10.6. The number of aromatic nitrogens is 1. The lowest BCUT2D eigenvalue weighted by atomic mass is 10.2. The van der Waals surface area contributed by atoms with Crippen molar-refractivity contribution in [2.24, 2.45) is 5.73 Å². The van der Waals surface area contributed by atoms with Crippen molar-refractivity contribution >= 4 is 11.7 Å². The first-order valence-corrected chi connectivity index (χ1v) is 3.24. The third-order valence-electron chi connectivity index (χ3n) is 1.37. The Kier molecular flexibility index (Phi) is 2.14. The highest BCUT2D eigenvalue weighted by Crippen LogP contribution is 2.17. The number of anilines is 1. The van der Waals surface area contributed by atoms with Gasteiger partial charge in [0.25, 0.3) is 5.91 Å². The Balaban J connectivity index is 3.21. The molecule has 0 unspecified atom stereocenters. The van der Waals surface area contributed by atoms with Crippen molar-refractivity contribution in [3.63, 3.8) is 0 Å². The molecule has 0 fully saturated rings. The van der Waals surface area contributed by atoms with E-state index in [1.165, 1.54) is 19.4 Å². The molecule has 0 aliphatic carbocycles. The van der Waals surface area contributed by atoms with E-state index in [1.54, 1.807) is 0 Å². The molecule has 0 bridgehead atoms. The van der Waals surface area contributed by atoms with Crippen LogP contribution >= 0.6 is 0 Å². The zero-order valence-electron chi connectivity index (χ0n) is 6.57. The number of hydrogen-bond acceptors (Lipinski definition) is 4. The highest BCUT2D eigenvalue weighted by molar-refractivity contribution is 5.96. The number of carbonyl (C=O) groups excluding carboxylic acids is 1. The maximum atomic E-state index is 10.8. The molecule has 0 radical (unpaired) electrons. The molecule has 4 N–H and O–H groups in total. The number of primary amides is 1. The van der Waals surface area contributed by atoms with Gasteiger partial charge in [0.05, 0.1) is 18.9 Å². The number of hydrogen-bond donors (Lipinski definition) is 2. The van der Waals surface area contributed by atoms with Crippen molar-refractivity contribution in [3.8, 4) is 5.75 Å². The fourth-order valence-corrected chi connectivity index (χ4v) is 0.814. The molecule has 1 heterocycles. The van der Waals surface area contributed by atoms with E-state index in [1.807, 2.05) is 0 Å². The molecule has 0 spiro atoms. The summed E-state index contributed by atoms with van der Waals surface area (Å²) in [4.78, 5) is 14.5. The van der Waals surface area contributed by atoms with Gasteiger partial charge in [-0.3, -0.25) is 4.79 Å². The fraction of sp³-hybridized carbons (Fsp3) is 0.143. The second-order valence-corrected chi connectivity index (χ2v) is 2.17. The highest BCUT2D eigenvalue weighted by atomic mass is 16.5. The van der Waals surface area contributed by atoms with Gasteiger partial charge in [0.2, 0.25) is 0 Å². The number of pyridine rings is 1. The Morgan fingerprint density at radius 1 is 1.67 bits per heavy atom. The first kappa shape index (κ1) is 8.32. The second-order valence-electron chi connectivity index (χ2n) is 2.17. The number of methoxy groups -OCH3 is 1. The summed E-state index contributed by atoms with van der Waals surface area (Å²) in [6.07, 6.45) is 1.36. The molecular weight excluding hydrogens is 158 g/mol. The van der Waals surface area contributed by atoms with Crippen LogP contribution in [0.1, 0.15) is 10.4 Å². The standard InChI is InChI=1S/C7H9N3O2/c1-12-5-3-10-6(8)2-4(5)7(9)11/h2-3H,1H3,(H2,8,10)(H2,9,11). The van der Waals surface area contributed by atoms with Gasteiger partial charge in [0.1, 0.15) is 11.6 Å². The summed E-state index contributed by atoms with van der Waals surface area (Å²) in [5.74, 6) is -0.0118. The number of nitrogens with zero attached hydrogens (tertiary/aromatic N) is 1. The number of amides is 1. The number of ether oxygens (including phenoxy) is 1. The van der Waals surface area contributed by atoms with Crippen LogP contribution in [0, 0.1) is 0 Å². The molecule has 1 amide bonds. The molecule has 5 nitrogen and oxygen atoms in total. The van der Waals surface area contributed by atoms with Gasteiger partial charge in [-0.1, -0.05) is 0 Å². The van der Waals surface area contributed by atoms with Crippen LogP contribution < -0.4 is 16.2 Å². The quantitative estimate of drug-likeness (QED) is 0.636. The molecule has 1 aromatic heterocycles. The van der Waals surface area contributed by atoms with Gasteiger partial charge in [-0.2, -0.15) is 0 Å². The second kappa shape index (κ2) is 3.08. The predicted octanol–water partition coefficient (Wildman–Crippen LogP) is -0.229. The molecule has 64 valence electrons. The van der Waals surface area contributed by atoms with Crippen molar-refractivity contribution in [3.05, 3.63) is 17.8 Å². The van der Waals surface area contributed by atoms with Crippen LogP contribution in [-0.4, -0.2) is 18.0 Å². The number of rotatable bonds is 2. The highest BCUT2D eigenvalue weighted by Gasteiger charge is 2.08. The summed E-state index contributed by atoms with van der Waals surface area (Å²) in [6.45, 7) is 0. The van der Waals surface area contributed by atoms with Crippen LogP contribution in [0.5, 0.6) is 5.75 Å². The molecule has 5 heteroatoms. The SMILES string of the molecule is COc1cnc(N)cc1C(N)=O. The van der Waals surface area contributed by atoms with Crippen LogP contribution in [0.3, 0.4) is 0 Å². The minimum atomic E-state index is -0.582. The zero-order chi connectivity index (χ0) is 9.14. The maximum Gasteiger partial charge on any atom is 0.252 e.